The fourth-order valence-corrected chi connectivity index (χ4v) is 2.62. The molecule has 3 N–H and O–H groups in total. The third-order valence-electron chi connectivity index (χ3n) is 2.53. The number of aromatic nitrogens is 4. The number of aryl methyl sites for hydroxylation is 1. The second kappa shape index (κ2) is 5.33. The number of nitrogens with zero attached hydrogens (tertiary/aromatic N) is 4. The summed E-state index contributed by atoms with van der Waals surface area (Å²) in [5.41, 5.74) is 6.31. The highest BCUT2D eigenvalue weighted by Gasteiger charge is 2.19. The number of anilines is 1. The monoisotopic (exact) mass is 282 g/mol. The molecule has 9 heteroatoms. The van der Waals surface area contributed by atoms with Gasteiger partial charge in [-0.3, -0.25) is 0 Å². The van der Waals surface area contributed by atoms with Gasteiger partial charge < -0.3 is 10.3 Å². The van der Waals surface area contributed by atoms with E-state index in [1.165, 1.54) is 24.7 Å². The summed E-state index contributed by atoms with van der Waals surface area (Å²) in [7, 11) is -3.73. The van der Waals surface area contributed by atoms with E-state index in [4.69, 9.17) is 5.73 Å². The van der Waals surface area contributed by atoms with Crippen LogP contribution in [0.4, 0.5) is 5.95 Å². The van der Waals surface area contributed by atoms with E-state index in [1.807, 2.05) is 6.92 Å². The van der Waals surface area contributed by atoms with Gasteiger partial charge in [0.05, 0.1) is 12.4 Å². The SMILES string of the molecule is CCn1cc(S(=O)(=O)Nc2nccnn2)cc1CN. The summed E-state index contributed by atoms with van der Waals surface area (Å²) < 4.78 is 28.3. The summed E-state index contributed by atoms with van der Waals surface area (Å²) in [6.07, 6.45) is 4.24. The molecule has 0 spiro atoms. The molecule has 0 unspecified atom stereocenters. The highest BCUT2D eigenvalue weighted by atomic mass is 32.2. The minimum absolute atomic E-state index is 0.0685. The van der Waals surface area contributed by atoms with Crippen LogP contribution in [0.1, 0.15) is 12.6 Å². The predicted octanol–water partition coefficient (Wildman–Crippen LogP) is -0.0475. The van der Waals surface area contributed by atoms with Crippen LogP contribution in [-0.4, -0.2) is 28.2 Å². The Hall–Kier alpha value is -2.00. The minimum Gasteiger partial charge on any atom is -0.349 e. The summed E-state index contributed by atoms with van der Waals surface area (Å²) in [6.45, 7) is 2.82. The third-order valence-corrected chi connectivity index (χ3v) is 3.82. The average Bonchev–Trinajstić information content (AvgIpc) is 2.83. The Morgan fingerprint density at radius 2 is 2.21 bits per heavy atom. The van der Waals surface area contributed by atoms with Crippen LogP contribution in [0.25, 0.3) is 0 Å². The normalized spacial score (nSPS) is 11.5. The first-order valence-corrected chi connectivity index (χ1v) is 7.10. The van der Waals surface area contributed by atoms with Crippen molar-refractivity contribution in [1.82, 2.24) is 19.7 Å². The van der Waals surface area contributed by atoms with E-state index in [9.17, 15) is 8.42 Å². The lowest BCUT2D eigenvalue weighted by Crippen LogP contribution is -2.14. The van der Waals surface area contributed by atoms with E-state index in [0.29, 0.717) is 6.54 Å². The maximum Gasteiger partial charge on any atom is 0.265 e. The van der Waals surface area contributed by atoms with Gasteiger partial charge in [-0.15, -0.1) is 5.10 Å². The fraction of sp³-hybridized carbons (Fsp3) is 0.300. The molecule has 0 aromatic carbocycles. The molecule has 2 aromatic heterocycles. The highest BCUT2D eigenvalue weighted by molar-refractivity contribution is 7.92. The number of sulfonamides is 1. The van der Waals surface area contributed by atoms with E-state index < -0.39 is 10.0 Å². The highest BCUT2D eigenvalue weighted by Crippen LogP contribution is 2.16. The van der Waals surface area contributed by atoms with Crippen LogP contribution < -0.4 is 10.5 Å². The van der Waals surface area contributed by atoms with Gasteiger partial charge >= 0.3 is 0 Å². The first-order chi connectivity index (χ1) is 9.06. The van der Waals surface area contributed by atoms with Crippen molar-refractivity contribution in [2.75, 3.05) is 4.72 Å². The Balaban J connectivity index is 2.32. The molecule has 8 nitrogen and oxygen atoms in total. The Kier molecular flexibility index (Phi) is 3.76. The molecule has 0 radical (unpaired) electrons. The van der Waals surface area contributed by atoms with Gasteiger partial charge in [0.25, 0.3) is 16.0 Å². The maximum absolute atomic E-state index is 12.1. The van der Waals surface area contributed by atoms with Crippen molar-refractivity contribution in [3.05, 3.63) is 30.4 Å². The quantitative estimate of drug-likeness (QED) is 0.794. The van der Waals surface area contributed by atoms with Crippen molar-refractivity contribution < 1.29 is 8.42 Å². The zero-order valence-electron chi connectivity index (χ0n) is 10.3. The molecule has 0 saturated heterocycles. The zero-order chi connectivity index (χ0) is 13.9. The zero-order valence-corrected chi connectivity index (χ0v) is 11.1. The van der Waals surface area contributed by atoms with Crippen molar-refractivity contribution in [1.29, 1.82) is 0 Å². The molecule has 0 aliphatic heterocycles. The van der Waals surface area contributed by atoms with Crippen LogP contribution >= 0.6 is 0 Å². The van der Waals surface area contributed by atoms with Crippen LogP contribution in [0.5, 0.6) is 0 Å². The Morgan fingerprint density at radius 3 is 2.74 bits per heavy atom. The molecule has 0 saturated carbocycles. The van der Waals surface area contributed by atoms with Gasteiger partial charge in [0.1, 0.15) is 4.90 Å². The molecule has 102 valence electrons. The summed E-state index contributed by atoms with van der Waals surface area (Å²) in [6, 6.07) is 1.53. The van der Waals surface area contributed by atoms with Gasteiger partial charge in [0, 0.05) is 25.0 Å². The summed E-state index contributed by atoms with van der Waals surface area (Å²) in [5.74, 6) is -0.0685. The van der Waals surface area contributed by atoms with E-state index in [0.717, 1.165) is 5.69 Å². The predicted molar refractivity (Wildman–Crippen MR) is 68.6 cm³/mol. The molecule has 2 aromatic rings. The second-order valence-corrected chi connectivity index (χ2v) is 5.41. The molecule has 2 rings (SSSR count). The van der Waals surface area contributed by atoms with Gasteiger partial charge in [-0.25, -0.2) is 18.1 Å². The van der Waals surface area contributed by atoms with Crippen molar-refractivity contribution in [3.63, 3.8) is 0 Å². The van der Waals surface area contributed by atoms with Gasteiger partial charge in [-0.05, 0) is 13.0 Å². The third kappa shape index (κ3) is 2.88. The number of nitrogens with one attached hydrogen (secondary N) is 1. The minimum atomic E-state index is -3.73. The molecule has 19 heavy (non-hydrogen) atoms. The van der Waals surface area contributed by atoms with Gasteiger partial charge in [0.15, 0.2) is 0 Å². The molecular formula is C10H14N6O2S. The van der Waals surface area contributed by atoms with Gasteiger partial charge in [-0.1, -0.05) is 0 Å². The summed E-state index contributed by atoms with van der Waals surface area (Å²) in [4.78, 5) is 3.89. The number of rotatable bonds is 5. The van der Waals surface area contributed by atoms with Crippen LogP contribution in [-0.2, 0) is 23.1 Å². The topological polar surface area (TPSA) is 116 Å². The van der Waals surface area contributed by atoms with Crippen LogP contribution in [0.2, 0.25) is 0 Å². The molecule has 0 atom stereocenters. The molecule has 0 aliphatic rings. The van der Waals surface area contributed by atoms with Crippen molar-refractivity contribution in [3.8, 4) is 0 Å². The Labute approximate surface area is 110 Å². The van der Waals surface area contributed by atoms with E-state index in [-0.39, 0.29) is 17.4 Å². The average molecular weight is 282 g/mol. The Bertz CT molecular complexity index is 630. The Morgan fingerprint density at radius 1 is 1.42 bits per heavy atom. The van der Waals surface area contributed by atoms with Crippen molar-refractivity contribution in [2.45, 2.75) is 24.9 Å². The van der Waals surface area contributed by atoms with Crippen LogP contribution in [0.3, 0.4) is 0 Å². The molecule has 0 aliphatic carbocycles. The number of nitrogens with two attached hydrogens (primary N) is 1. The standard InChI is InChI=1S/C10H14N6O2S/c1-2-16-7-9(5-8(16)6-11)19(17,18)15-10-12-3-4-13-14-10/h3-5,7H,2,6,11H2,1H3,(H,12,14,15). The summed E-state index contributed by atoms with van der Waals surface area (Å²) >= 11 is 0. The molecular weight excluding hydrogens is 268 g/mol. The van der Waals surface area contributed by atoms with Crippen LogP contribution in [0, 0.1) is 0 Å². The van der Waals surface area contributed by atoms with Gasteiger partial charge in [0.2, 0.25) is 0 Å². The number of hydrogen-bond donors (Lipinski definition) is 2. The lowest BCUT2D eigenvalue weighted by atomic mass is 10.4. The molecule has 0 bridgehead atoms. The first kappa shape index (κ1) is 13.4. The lowest BCUT2D eigenvalue weighted by Gasteiger charge is -2.03. The molecule has 2 heterocycles. The van der Waals surface area contributed by atoms with Crippen molar-refractivity contribution >= 4 is 16.0 Å². The van der Waals surface area contributed by atoms with E-state index >= 15 is 0 Å². The van der Waals surface area contributed by atoms with E-state index in [1.54, 1.807) is 4.57 Å². The smallest absolute Gasteiger partial charge is 0.265 e. The second-order valence-electron chi connectivity index (χ2n) is 3.73. The number of hydrogen-bond acceptors (Lipinski definition) is 6. The largest absolute Gasteiger partial charge is 0.349 e. The first-order valence-electron chi connectivity index (χ1n) is 5.62. The fourth-order valence-electron chi connectivity index (χ4n) is 1.61. The lowest BCUT2D eigenvalue weighted by molar-refractivity contribution is 0.600. The molecule has 0 fully saturated rings. The molecule has 0 amide bonds. The van der Waals surface area contributed by atoms with Crippen molar-refractivity contribution in [2.24, 2.45) is 5.73 Å². The summed E-state index contributed by atoms with van der Waals surface area (Å²) in [5, 5.41) is 7.13. The van der Waals surface area contributed by atoms with Gasteiger partial charge in [-0.2, -0.15) is 5.10 Å². The maximum atomic E-state index is 12.1. The van der Waals surface area contributed by atoms with Crippen LogP contribution in [0.15, 0.2) is 29.6 Å². The van der Waals surface area contributed by atoms with E-state index in [2.05, 4.69) is 19.9 Å².